The normalized spacial score (nSPS) is 28.3. The van der Waals surface area contributed by atoms with Crippen molar-refractivity contribution in [1.29, 1.82) is 0 Å². The zero-order chi connectivity index (χ0) is 18.5. The van der Waals surface area contributed by atoms with E-state index in [1.807, 2.05) is 31.2 Å². The monoisotopic (exact) mass is 354 g/mol. The molecule has 1 saturated heterocycles. The van der Waals surface area contributed by atoms with Gasteiger partial charge in [-0.15, -0.1) is 0 Å². The van der Waals surface area contributed by atoms with Crippen molar-refractivity contribution in [3.05, 3.63) is 46.2 Å². The molecule has 0 bridgehead atoms. The molecule has 1 amide bonds. The van der Waals surface area contributed by atoms with E-state index in [0.29, 0.717) is 25.4 Å². The first-order chi connectivity index (χ1) is 12.4. The zero-order valence-corrected chi connectivity index (χ0v) is 15.4. The third-order valence-electron chi connectivity index (χ3n) is 6.58. The molecule has 1 N–H and O–H groups in total. The van der Waals surface area contributed by atoms with E-state index >= 15 is 0 Å². The molecule has 2 aliphatic rings. The lowest BCUT2D eigenvalue weighted by Gasteiger charge is -2.40. The van der Waals surface area contributed by atoms with Crippen molar-refractivity contribution < 1.29 is 9.90 Å². The van der Waals surface area contributed by atoms with Crippen molar-refractivity contribution in [2.75, 3.05) is 13.1 Å². The fraction of sp³-hybridized carbons (Fsp3) is 0.524. The van der Waals surface area contributed by atoms with E-state index in [-0.39, 0.29) is 22.9 Å². The molecule has 2 heterocycles. The van der Waals surface area contributed by atoms with Crippen LogP contribution in [0.25, 0.3) is 10.9 Å². The van der Waals surface area contributed by atoms with Crippen molar-refractivity contribution in [3.63, 3.8) is 0 Å². The Morgan fingerprint density at radius 1 is 1.31 bits per heavy atom. The number of aryl methyl sites for hydroxylation is 1. The van der Waals surface area contributed by atoms with Crippen molar-refractivity contribution >= 4 is 16.8 Å². The number of para-hydroxylation sites is 1. The molecule has 4 rings (SSSR count). The maximum absolute atomic E-state index is 13.1. The second-order valence-corrected chi connectivity index (χ2v) is 7.91. The SMILES string of the molecule is CC[C@]1(O)CCC[C@H]2CN(C(=O)c3cc4ccccc4n(C)c3=O)C[C@H]21. The molecular weight excluding hydrogens is 328 g/mol. The van der Waals surface area contributed by atoms with E-state index in [9.17, 15) is 14.7 Å². The third-order valence-corrected chi connectivity index (χ3v) is 6.58. The highest BCUT2D eigenvalue weighted by atomic mass is 16.3. The van der Waals surface area contributed by atoms with E-state index in [2.05, 4.69) is 0 Å². The number of pyridine rings is 1. The molecule has 1 aromatic heterocycles. The van der Waals surface area contributed by atoms with Gasteiger partial charge in [-0.25, -0.2) is 0 Å². The molecule has 1 saturated carbocycles. The summed E-state index contributed by atoms with van der Waals surface area (Å²) in [4.78, 5) is 27.7. The Bertz CT molecular complexity index is 919. The topological polar surface area (TPSA) is 62.5 Å². The van der Waals surface area contributed by atoms with Gasteiger partial charge in [0, 0.05) is 26.1 Å². The van der Waals surface area contributed by atoms with Crippen LogP contribution >= 0.6 is 0 Å². The van der Waals surface area contributed by atoms with Gasteiger partial charge in [0.1, 0.15) is 5.56 Å². The largest absolute Gasteiger partial charge is 0.390 e. The predicted octanol–water partition coefficient (Wildman–Crippen LogP) is 2.55. The molecule has 1 aromatic carbocycles. The van der Waals surface area contributed by atoms with Crippen LogP contribution in [0.3, 0.4) is 0 Å². The van der Waals surface area contributed by atoms with Crippen LogP contribution in [0.2, 0.25) is 0 Å². The first-order valence-electron chi connectivity index (χ1n) is 9.55. The second kappa shape index (κ2) is 6.23. The Kier molecular flexibility index (Phi) is 4.14. The quantitative estimate of drug-likeness (QED) is 0.901. The minimum atomic E-state index is -0.674. The smallest absolute Gasteiger partial charge is 0.263 e. The van der Waals surface area contributed by atoms with Gasteiger partial charge in [0.25, 0.3) is 11.5 Å². The summed E-state index contributed by atoms with van der Waals surface area (Å²) in [6, 6.07) is 9.32. The molecule has 3 atom stereocenters. The molecule has 138 valence electrons. The van der Waals surface area contributed by atoms with Gasteiger partial charge in [0.05, 0.1) is 11.1 Å². The number of hydrogen-bond acceptors (Lipinski definition) is 3. The number of rotatable bonds is 2. The number of fused-ring (bicyclic) bond motifs is 2. The highest BCUT2D eigenvalue weighted by Gasteiger charge is 2.48. The summed E-state index contributed by atoms with van der Waals surface area (Å²) in [6.45, 7) is 3.21. The van der Waals surface area contributed by atoms with Gasteiger partial charge in [-0.05, 0) is 42.7 Å². The van der Waals surface area contributed by atoms with Gasteiger partial charge in [-0.2, -0.15) is 0 Å². The lowest BCUT2D eigenvalue weighted by molar-refractivity contribution is -0.0609. The van der Waals surface area contributed by atoms with Gasteiger partial charge in [0.15, 0.2) is 0 Å². The van der Waals surface area contributed by atoms with Gasteiger partial charge in [0.2, 0.25) is 0 Å². The fourth-order valence-electron chi connectivity index (χ4n) is 4.98. The molecule has 0 radical (unpaired) electrons. The Morgan fingerprint density at radius 3 is 2.85 bits per heavy atom. The molecule has 0 unspecified atom stereocenters. The molecule has 1 aliphatic carbocycles. The lowest BCUT2D eigenvalue weighted by Crippen LogP contribution is -2.44. The Morgan fingerprint density at radius 2 is 2.08 bits per heavy atom. The van der Waals surface area contributed by atoms with E-state index in [1.165, 1.54) is 0 Å². The van der Waals surface area contributed by atoms with E-state index in [4.69, 9.17) is 0 Å². The molecular formula is C21H26N2O3. The van der Waals surface area contributed by atoms with E-state index in [1.54, 1.807) is 22.6 Å². The van der Waals surface area contributed by atoms with Gasteiger partial charge >= 0.3 is 0 Å². The summed E-state index contributed by atoms with van der Waals surface area (Å²) in [5, 5.41) is 11.8. The summed E-state index contributed by atoms with van der Waals surface area (Å²) in [7, 11) is 1.71. The summed E-state index contributed by atoms with van der Waals surface area (Å²) in [5.41, 5.74) is 0.121. The predicted molar refractivity (Wildman–Crippen MR) is 101 cm³/mol. The van der Waals surface area contributed by atoms with Crippen LogP contribution < -0.4 is 5.56 Å². The van der Waals surface area contributed by atoms with Crippen molar-refractivity contribution in [1.82, 2.24) is 9.47 Å². The van der Waals surface area contributed by atoms with Gasteiger partial charge in [-0.3, -0.25) is 9.59 Å². The number of aromatic nitrogens is 1. The number of hydrogen-bond donors (Lipinski definition) is 1. The highest BCUT2D eigenvalue weighted by molar-refractivity contribution is 5.97. The van der Waals surface area contributed by atoms with Crippen LogP contribution in [0, 0.1) is 11.8 Å². The molecule has 26 heavy (non-hydrogen) atoms. The molecule has 2 fully saturated rings. The van der Waals surface area contributed by atoms with Crippen LogP contribution in [-0.2, 0) is 7.05 Å². The lowest BCUT2D eigenvalue weighted by atomic mass is 9.69. The summed E-state index contributed by atoms with van der Waals surface area (Å²) in [6.07, 6.45) is 3.58. The first-order valence-corrected chi connectivity index (χ1v) is 9.55. The van der Waals surface area contributed by atoms with Crippen LogP contribution in [-0.4, -0.2) is 39.2 Å². The average molecular weight is 354 g/mol. The van der Waals surface area contributed by atoms with Crippen molar-refractivity contribution in [2.24, 2.45) is 18.9 Å². The zero-order valence-electron chi connectivity index (χ0n) is 15.4. The maximum Gasteiger partial charge on any atom is 0.263 e. The molecule has 2 aromatic rings. The minimum absolute atomic E-state index is 0.120. The standard InChI is InChI=1S/C21H26N2O3/c1-3-21(26)10-6-8-15-12-23(13-17(15)21)20(25)16-11-14-7-4-5-9-18(14)22(2)19(16)24/h4-5,7,9,11,15,17,26H,3,6,8,10,12-13H2,1-2H3/t15-,17+,21-/m0/s1. The minimum Gasteiger partial charge on any atom is -0.390 e. The first kappa shape index (κ1) is 17.3. The fourth-order valence-corrected chi connectivity index (χ4v) is 4.98. The van der Waals surface area contributed by atoms with Gasteiger partial charge in [-0.1, -0.05) is 31.5 Å². The molecule has 1 aliphatic heterocycles. The van der Waals surface area contributed by atoms with Gasteiger partial charge < -0.3 is 14.6 Å². The maximum atomic E-state index is 13.1. The van der Waals surface area contributed by atoms with Crippen LogP contribution in [0.4, 0.5) is 0 Å². The number of carbonyl (C=O) groups excluding carboxylic acids is 1. The summed E-state index contributed by atoms with van der Waals surface area (Å²) < 4.78 is 1.55. The number of nitrogens with zero attached hydrogens (tertiary/aromatic N) is 2. The summed E-state index contributed by atoms with van der Waals surface area (Å²) >= 11 is 0. The van der Waals surface area contributed by atoms with Crippen molar-refractivity contribution in [3.8, 4) is 0 Å². The van der Waals surface area contributed by atoms with Crippen LogP contribution in [0.15, 0.2) is 35.1 Å². The number of amides is 1. The highest BCUT2D eigenvalue weighted by Crippen LogP contribution is 2.44. The number of benzene rings is 1. The molecule has 0 spiro atoms. The Labute approximate surface area is 153 Å². The Balaban J connectivity index is 1.68. The Hall–Kier alpha value is -2.14. The third kappa shape index (κ3) is 2.57. The van der Waals surface area contributed by atoms with Crippen molar-refractivity contribution in [2.45, 2.75) is 38.2 Å². The number of likely N-dealkylation sites (tertiary alicyclic amines) is 1. The average Bonchev–Trinajstić information content (AvgIpc) is 3.10. The van der Waals surface area contributed by atoms with Crippen LogP contribution in [0.1, 0.15) is 43.0 Å². The molecule has 5 nitrogen and oxygen atoms in total. The number of carbonyl (C=O) groups is 1. The summed E-state index contributed by atoms with van der Waals surface area (Å²) in [5.74, 6) is 0.251. The molecule has 5 heteroatoms. The van der Waals surface area contributed by atoms with E-state index < -0.39 is 5.60 Å². The van der Waals surface area contributed by atoms with E-state index in [0.717, 1.165) is 30.2 Å². The second-order valence-electron chi connectivity index (χ2n) is 7.91. The number of aliphatic hydroxyl groups is 1. The van der Waals surface area contributed by atoms with Crippen LogP contribution in [0.5, 0.6) is 0 Å².